The lowest BCUT2D eigenvalue weighted by molar-refractivity contribution is -0.139. The molecule has 1 aromatic carbocycles. The maximum atomic E-state index is 12.9. The van der Waals surface area contributed by atoms with Crippen molar-refractivity contribution in [3.05, 3.63) is 35.6 Å². The zero-order valence-corrected chi connectivity index (χ0v) is 12.0. The highest BCUT2D eigenvalue weighted by molar-refractivity contribution is 5.87. The number of amides is 1. The second-order valence-corrected chi connectivity index (χ2v) is 5.36. The number of carbonyl (C=O) groups excluding carboxylic acids is 1. The largest absolute Gasteiger partial charge is 0.481 e. The number of benzene rings is 1. The molecule has 0 aromatic heterocycles. The number of rotatable bonds is 6. The number of hydrogen-bond donors (Lipinski definition) is 1. The summed E-state index contributed by atoms with van der Waals surface area (Å²) in [6.07, 6.45) is 0.450. The van der Waals surface area contributed by atoms with Crippen LogP contribution >= 0.6 is 0 Å². The van der Waals surface area contributed by atoms with Crippen molar-refractivity contribution in [1.29, 1.82) is 0 Å². The zero-order chi connectivity index (χ0) is 15.3. The van der Waals surface area contributed by atoms with Gasteiger partial charge in [-0.15, -0.1) is 0 Å². The minimum atomic E-state index is -0.872. The Kier molecular flexibility index (Phi) is 5.25. The summed E-state index contributed by atoms with van der Waals surface area (Å²) < 4.78 is 12.9. The van der Waals surface area contributed by atoms with E-state index >= 15 is 0 Å². The number of carbonyl (C=O) groups is 2. The Labute approximate surface area is 118 Å². The van der Waals surface area contributed by atoms with Crippen molar-refractivity contribution in [1.82, 2.24) is 4.90 Å². The Hall–Kier alpha value is -1.91. The highest BCUT2D eigenvalue weighted by Gasteiger charge is 2.32. The van der Waals surface area contributed by atoms with Gasteiger partial charge in [0, 0.05) is 20.0 Å². The first-order valence-corrected chi connectivity index (χ1v) is 6.48. The average Bonchev–Trinajstić information content (AvgIpc) is 2.37. The molecule has 0 bridgehead atoms. The number of carboxylic acid groups (broad SMARTS) is 1. The Morgan fingerprint density at radius 3 is 2.30 bits per heavy atom. The van der Waals surface area contributed by atoms with Gasteiger partial charge in [0.2, 0.25) is 5.91 Å². The molecule has 1 rings (SSSR count). The molecule has 0 unspecified atom stereocenters. The third-order valence-corrected chi connectivity index (χ3v) is 3.33. The van der Waals surface area contributed by atoms with Crippen molar-refractivity contribution in [2.24, 2.45) is 0 Å². The van der Waals surface area contributed by atoms with Gasteiger partial charge in [-0.05, 0) is 38.0 Å². The van der Waals surface area contributed by atoms with Crippen molar-refractivity contribution in [2.45, 2.75) is 32.1 Å². The lowest BCUT2D eigenvalue weighted by Crippen LogP contribution is -2.41. The Balaban J connectivity index is 2.73. The molecule has 0 radical (unpaired) electrons. The van der Waals surface area contributed by atoms with Crippen molar-refractivity contribution in [3.8, 4) is 0 Å². The highest BCUT2D eigenvalue weighted by atomic mass is 19.1. The second-order valence-electron chi connectivity index (χ2n) is 5.36. The van der Waals surface area contributed by atoms with Gasteiger partial charge in [-0.25, -0.2) is 4.39 Å². The minimum Gasteiger partial charge on any atom is -0.481 e. The smallest absolute Gasteiger partial charge is 0.303 e. The standard InChI is InChI=1S/C15H20FNO3/c1-15(2,11-6-8-12(16)9-7-11)14(20)17(3)10-4-5-13(18)19/h6-9H,4-5,10H2,1-3H3,(H,18,19). The summed E-state index contributed by atoms with van der Waals surface area (Å²) in [6.45, 7) is 3.93. The predicted molar refractivity (Wildman–Crippen MR) is 73.9 cm³/mol. The molecule has 0 aliphatic rings. The van der Waals surface area contributed by atoms with E-state index in [0.717, 1.165) is 5.56 Å². The second kappa shape index (κ2) is 6.50. The molecule has 110 valence electrons. The Morgan fingerprint density at radius 1 is 1.25 bits per heavy atom. The lowest BCUT2D eigenvalue weighted by atomic mass is 9.83. The number of hydrogen-bond acceptors (Lipinski definition) is 2. The van der Waals surface area contributed by atoms with Crippen molar-refractivity contribution in [2.75, 3.05) is 13.6 Å². The van der Waals surface area contributed by atoms with Crippen LogP contribution in [-0.4, -0.2) is 35.5 Å². The highest BCUT2D eigenvalue weighted by Crippen LogP contribution is 2.25. The normalized spacial score (nSPS) is 11.2. The van der Waals surface area contributed by atoms with Crippen LogP contribution in [0, 0.1) is 5.82 Å². The molecule has 1 aromatic rings. The molecule has 0 saturated carbocycles. The SMILES string of the molecule is CN(CCCC(=O)O)C(=O)C(C)(C)c1ccc(F)cc1. The summed E-state index contributed by atoms with van der Waals surface area (Å²) in [4.78, 5) is 24.4. The van der Waals surface area contributed by atoms with Crippen molar-refractivity contribution >= 4 is 11.9 Å². The van der Waals surface area contributed by atoms with E-state index in [1.807, 2.05) is 0 Å². The third-order valence-electron chi connectivity index (χ3n) is 3.33. The first-order valence-electron chi connectivity index (χ1n) is 6.48. The molecule has 1 N–H and O–H groups in total. The van der Waals surface area contributed by atoms with E-state index in [0.29, 0.717) is 13.0 Å². The summed E-state index contributed by atoms with van der Waals surface area (Å²) in [5, 5.41) is 8.59. The van der Waals surface area contributed by atoms with Crippen molar-refractivity contribution in [3.63, 3.8) is 0 Å². The van der Waals surface area contributed by atoms with E-state index in [-0.39, 0.29) is 18.1 Å². The van der Waals surface area contributed by atoms with Gasteiger partial charge < -0.3 is 10.0 Å². The van der Waals surface area contributed by atoms with E-state index in [9.17, 15) is 14.0 Å². The zero-order valence-electron chi connectivity index (χ0n) is 12.0. The summed E-state index contributed by atoms with van der Waals surface area (Å²) in [5.41, 5.74) is -0.0416. The third kappa shape index (κ3) is 4.05. The molecule has 1 amide bonds. The molecule has 0 atom stereocenters. The van der Waals surface area contributed by atoms with Gasteiger partial charge in [0.1, 0.15) is 5.82 Å². The van der Waals surface area contributed by atoms with Crippen LogP contribution in [-0.2, 0) is 15.0 Å². The van der Waals surface area contributed by atoms with E-state index in [4.69, 9.17) is 5.11 Å². The van der Waals surface area contributed by atoms with Crippen LogP contribution in [0.3, 0.4) is 0 Å². The number of nitrogens with zero attached hydrogens (tertiary/aromatic N) is 1. The minimum absolute atomic E-state index is 0.0363. The molecule has 0 aliphatic heterocycles. The van der Waals surface area contributed by atoms with Gasteiger partial charge >= 0.3 is 5.97 Å². The van der Waals surface area contributed by atoms with Crippen LogP contribution in [0.1, 0.15) is 32.3 Å². The average molecular weight is 281 g/mol. The van der Waals surface area contributed by atoms with Crippen LogP contribution in [0.2, 0.25) is 0 Å². The van der Waals surface area contributed by atoms with Crippen LogP contribution < -0.4 is 0 Å². The van der Waals surface area contributed by atoms with Crippen LogP contribution in [0.25, 0.3) is 0 Å². The molecular formula is C15H20FNO3. The van der Waals surface area contributed by atoms with Crippen LogP contribution in [0.5, 0.6) is 0 Å². The molecule has 0 saturated heterocycles. The summed E-state index contributed by atoms with van der Waals surface area (Å²) in [5.74, 6) is -1.33. The van der Waals surface area contributed by atoms with E-state index < -0.39 is 11.4 Å². The number of aliphatic carboxylic acids is 1. The van der Waals surface area contributed by atoms with Crippen LogP contribution in [0.4, 0.5) is 4.39 Å². The molecule has 5 heteroatoms. The summed E-state index contributed by atoms with van der Waals surface area (Å²) in [6, 6.07) is 5.85. The van der Waals surface area contributed by atoms with Gasteiger partial charge in [0.15, 0.2) is 0 Å². The van der Waals surface area contributed by atoms with Crippen molar-refractivity contribution < 1.29 is 19.1 Å². The summed E-state index contributed by atoms with van der Waals surface area (Å²) in [7, 11) is 1.65. The van der Waals surface area contributed by atoms with E-state index in [1.165, 1.54) is 17.0 Å². The molecule has 20 heavy (non-hydrogen) atoms. The molecule has 0 spiro atoms. The van der Waals surface area contributed by atoms with Gasteiger partial charge in [-0.1, -0.05) is 12.1 Å². The summed E-state index contributed by atoms with van der Waals surface area (Å²) >= 11 is 0. The fourth-order valence-corrected chi connectivity index (χ4v) is 2.04. The fourth-order valence-electron chi connectivity index (χ4n) is 2.04. The van der Waals surface area contributed by atoms with Gasteiger partial charge in [-0.3, -0.25) is 9.59 Å². The van der Waals surface area contributed by atoms with E-state index in [2.05, 4.69) is 0 Å². The number of halogens is 1. The quantitative estimate of drug-likeness (QED) is 0.871. The first kappa shape index (κ1) is 16.1. The molecule has 4 nitrogen and oxygen atoms in total. The Morgan fingerprint density at radius 2 is 1.80 bits per heavy atom. The van der Waals surface area contributed by atoms with Gasteiger partial charge in [-0.2, -0.15) is 0 Å². The molecule has 0 heterocycles. The maximum Gasteiger partial charge on any atom is 0.303 e. The Bertz CT molecular complexity index is 482. The number of carboxylic acids is 1. The number of likely N-dealkylation sites (N-methyl/N-ethyl adjacent to an activating group) is 1. The van der Waals surface area contributed by atoms with E-state index in [1.54, 1.807) is 33.0 Å². The first-order chi connectivity index (χ1) is 9.25. The van der Waals surface area contributed by atoms with Gasteiger partial charge in [0.25, 0.3) is 0 Å². The monoisotopic (exact) mass is 281 g/mol. The van der Waals surface area contributed by atoms with Gasteiger partial charge in [0.05, 0.1) is 5.41 Å². The van der Waals surface area contributed by atoms with Crippen LogP contribution in [0.15, 0.2) is 24.3 Å². The maximum absolute atomic E-state index is 12.9. The molecule has 0 aliphatic carbocycles. The molecule has 0 fully saturated rings. The topological polar surface area (TPSA) is 57.6 Å². The molecular weight excluding hydrogens is 261 g/mol. The fraction of sp³-hybridized carbons (Fsp3) is 0.467. The lowest BCUT2D eigenvalue weighted by Gasteiger charge is -2.29. The predicted octanol–water partition coefficient (Wildman–Crippen LogP) is 2.43.